The highest BCUT2D eigenvalue weighted by molar-refractivity contribution is 7.89. The minimum absolute atomic E-state index is 0.0394. The molecule has 2 aromatic rings. The smallest absolute Gasteiger partial charge is 0.290 e. The molecule has 1 fully saturated rings. The molecule has 2 atom stereocenters. The van der Waals surface area contributed by atoms with Gasteiger partial charge in [-0.15, -0.1) is 0 Å². The SMILES string of the molecule is Cc1cc(-c2nccn2[C@@H]2COC[C@H]2CS(=O)(=O)N(C)C)on1.O=CO. The van der Waals surface area contributed by atoms with Crippen LogP contribution in [0.5, 0.6) is 0 Å². The Morgan fingerprint density at radius 3 is 2.69 bits per heavy atom. The van der Waals surface area contributed by atoms with Gasteiger partial charge in [-0.05, 0) is 6.92 Å². The van der Waals surface area contributed by atoms with Gasteiger partial charge in [0.1, 0.15) is 0 Å². The van der Waals surface area contributed by atoms with Crippen molar-refractivity contribution in [2.24, 2.45) is 5.92 Å². The fourth-order valence-corrected chi connectivity index (χ4v) is 3.87. The first-order chi connectivity index (χ1) is 12.3. The zero-order valence-electron chi connectivity index (χ0n) is 14.8. The Morgan fingerprint density at radius 2 is 2.12 bits per heavy atom. The summed E-state index contributed by atoms with van der Waals surface area (Å²) in [6, 6.07) is 1.70. The molecular weight excluding hydrogens is 364 g/mol. The van der Waals surface area contributed by atoms with E-state index in [0.717, 1.165) is 5.69 Å². The number of imidazole rings is 1. The predicted octanol–water partition coefficient (Wildman–Crippen LogP) is 0.626. The van der Waals surface area contributed by atoms with Crippen molar-refractivity contribution >= 4 is 16.5 Å². The van der Waals surface area contributed by atoms with Crippen molar-refractivity contribution in [3.8, 4) is 11.6 Å². The predicted molar refractivity (Wildman–Crippen MR) is 92.0 cm³/mol. The van der Waals surface area contributed by atoms with Crippen molar-refractivity contribution < 1.29 is 27.6 Å². The number of aryl methyl sites for hydroxylation is 1. The summed E-state index contributed by atoms with van der Waals surface area (Å²) in [6.07, 6.45) is 3.49. The van der Waals surface area contributed by atoms with Gasteiger partial charge in [-0.1, -0.05) is 5.16 Å². The summed E-state index contributed by atoms with van der Waals surface area (Å²) in [5.41, 5.74) is 0.768. The van der Waals surface area contributed by atoms with E-state index in [1.54, 1.807) is 26.4 Å². The van der Waals surface area contributed by atoms with Crippen LogP contribution in [0.15, 0.2) is 23.0 Å². The molecule has 10 nitrogen and oxygen atoms in total. The van der Waals surface area contributed by atoms with Gasteiger partial charge < -0.3 is 18.9 Å². The fraction of sp³-hybridized carbons (Fsp3) is 0.533. The van der Waals surface area contributed by atoms with Crippen molar-refractivity contribution in [2.75, 3.05) is 33.1 Å². The minimum Gasteiger partial charge on any atom is -0.483 e. The number of nitrogens with zero attached hydrogens (tertiary/aromatic N) is 4. The fourth-order valence-electron chi connectivity index (χ4n) is 2.71. The molecule has 0 saturated carbocycles. The molecule has 1 aliphatic heterocycles. The number of aromatic nitrogens is 3. The second-order valence-electron chi connectivity index (χ2n) is 6.02. The van der Waals surface area contributed by atoms with E-state index < -0.39 is 10.0 Å². The summed E-state index contributed by atoms with van der Waals surface area (Å²) in [4.78, 5) is 12.7. The van der Waals surface area contributed by atoms with Crippen molar-refractivity contribution in [1.29, 1.82) is 0 Å². The van der Waals surface area contributed by atoms with Crippen molar-refractivity contribution in [3.05, 3.63) is 24.2 Å². The van der Waals surface area contributed by atoms with E-state index in [1.165, 1.54) is 4.31 Å². The first-order valence-corrected chi connectivity index (χ1v) is 9.43. The maximum Gasteiger partial charge on any atom is 0.290 e. The Kier molecular flexibility index (Phi) is 6.51. The van der Waals surface area contributed by atoms with Gasteiger partial charge in [-0.25, -0.2) is 17.7 Å². The van der Waals surface area contributed by atoms with Crippen LogP contribution in [0.3, 0.4) is 0 Å². The highest BCUT2D eigenvalue weighted by Crippen LogP contribution is 2.31. The van der Waals surface area contributed by atoms with Crippen LogP contribution in [0.2, 0.25) is 0 Å². The molecule has 0 radical (unpaired) electrons. The Labute approximate surface area is 151 Å². The highest BCUT2D eigenvalue weighted by atomic mass is 32.2. The average Bonchev–Trinajstić information content (AvgIpc) is 3.27. The molecule has 0 unspecified atom stereocenters. The van der Waals surface area contributed by atoms with Crippen LogP contribution in [-0.2, 0) is 19.6 Å². The second kappa shape index (κ2) is 8.43. The summed E-state index contributed by atoms with van der Waals surface area (Å²) in [5, 5.41) is 10.8. The number of ether oxygens (including phenoxy) is 1. The Bertz CT molecular complexity index is 829. The monoisotopic (exact) mass is 386 g/mol. The van der Waals surface area contributed by atoms with E-state index in [0.29, 0.717) is 24.8 Å². The van der Waals surface area contributed by atoms with Crippen molar-refractivity contribution in [2.45, 2.75) is 13.0 Å². The Morgan fingerprint density at radius 1 is 1.42 bits per heavy atom. The molecule has 3 rings (SSSR count). The number of rotatable bonds is 5. The largest absolute Gasteiger partial charge is 0.483 e. The zero-order chi connectivity index (χ0) is 19.3. The van der Waals surface area contributed by atoms with E-state index in [4.69, 9.17) is 19.2 Å². The molecule has 0 spiro atoms. The molecular formula is C15H22N4O6S. The normalized spacial score (nSPS) is 20.0. The summed E-state index contributed by atoms with van der Waals surface area (Å²) in [5.74, 6) is 1.10. The van der Waals surface area contributed by atoms with Crippen LogP contribution in [-0.4, -0.2) is 72.1 Å². The second-order valence-corrected chi connectivity index (χ2v) is 8.25. The molecule has 1 N–H and O–H groups in total. The van der Waals surface area contributed by atoms with Crippen LogP contribution in [0.1, 0.15) is 11.7 Å². The molecule has 144 valence electrons. The van der Waals surface area contributed by atoms with Crippen LogP contribution in [0.25, 0.3) is 11.6 Å². The molecule has 0 aromatic carbocycles. The van der Waals surface area contributed by atoms with E-state index in [9.17, 15) is 8.42 Å². The van der Waals surface area contributed by atoms with Gasteiger partial charge in [0.05, 0.1) is 30.7 Å². The van der Waals surface area contributed by atoms with E-state index in [-0.39, 0.29) is 24.2 Å². The van der Waals surface area contributed by atoms with Crippen molar-refractivity contribution in [1.82, 2.24) is 19.0 Å². The average molecular weight is 386 g/mol. The number of carboxylic acid groups (broad SMARTS) is 1. The lowest BCUT2D eigenvalue weighted by atomic mass is 10.1. The Balaban J connectivity index is 0.000000758. The number of hydrogen-bond acceptors (Lipinski definition) is 7. The maximum absolute atomic E-state index is 12.2. The van der Waals surface area contributed by atoms with Gasteiger partial charge in [0.2, 0.25) is 15.8 Å². The summed E-state index contributed by atoms with van der Waals surface area (Å²) in [6.45, 7) is 2.44. The van der Waals surface area contributed by atoms with Crippen molar-refractivity contribution in [3.63, 3.8) is 0 Å². The molecule has 26 heavy (non-hydrogen) atoms. The van der Waals surface area contributed by atoms with Gasteiger partial charge in [-0.2, -0.15) is 0 Å². The third-order valence-corrected chi connectivity index (χ3v) is 5.98. The van der Waals surface area contributed by atoms with Crippen LogP contribution < -0.4 is 0 Å². The molecule has 2 aromatic heterocycles. The van der Waals surface area contributed by atoms with E-state index in [1.807, 2.05) is 17.7 Å². The Hall–Kier alpha value is -2.24. The topological polar surface area (TPSA) is 128 Å². The quantitative estimate of drug-likeness (QED) is 0.741. The van der Waals surface area contributed by atoms with Gasteiger partial charge >= 0.3 is 0 Å². The van der Waals surface area contributed by atoms with E-state index >= 15 is 0 Å². The lowest BCUT2D eigenvalue weighted by Gasteiger charge is -2.22. The van der Waals surface area contributed by atoms with Gasteiger partial charge in [0.15, 0.2) is 5.82 Å². The zero-order valence-corrected chi connectivity index (χ0v) is 15.6. The lowest BCUT2D eigenvalue weighted by molar-refractivity contribution is -0.122. The number of sulfonamides is 1. The molecule has 0 amide bonds. The summed E-state index contributed by atoms with van der Waals surface area (Å²) < 4.78 is 38.3. The minimum atomic E-state index is -3.30. The van der Waals surface area contributed by atoms with Crippen LogP contribution in [0.4, 0.5) is 0 Å². The summed E-state index contributed by atoms with van der Waals surface area (Å²) in [7, 11) is -0.212. The number of carbonyl (C=O) groups is 1. The summed E-state index contributed by atoms with van der Waals surface area (Å²) >= 11 is 0. The lowest BCUT2D eigenvalue weighted by Crippen LogP contribution is -2.32. The van der Waals surface area contributed by atoms with Crippen LogP contribution >= 0.6 is 0 Å². The first-order valence-electron chi connectivity index (χ1n) is 7.82. The first kappa shape index (κ1) is 20.1. The van der Waals surface area contributed by atoms with Gasteiger partial charge in [0, 0.05) is 38.5 Å². The number of hydrogen-bond donors (Lipinski definition) is 1. The molecule has 1 aliphatic rings. The molecule has 11 heteroatoms. The van der Waals surface area contributed by atoms with Gasteiger partial charge in [0.25, 0.3) is 6.47 Å². The highest BCUT2D eigenvalue weighted by Gasteiger charge is 2.35. The standard InChI is InChI=1S/C14H20N4O4S.CH2O2/c1-10-6-13(22-16-10)14-15-4-5-18(14)12-8-21-7-11(12)9-23(19,20)17(2)3;2-1-3/h4-6,11-12H,7-9H2,1-3H3;1H,(H,2,3)/t11-,12+;/m0./s1. The third kappa shape index (κ3) is 4.48. The third-order valence-electron chi connectivity index (χ3n) is 4.02. The molecule has 0 bridgehead atoms. The van der Waals surface area contributed by atoms with Gasteiger partial charge in [-0.3, -0.25) is 4.79 Å². The molecule has 1 saturated heterocycles. The molecule has 0 aliphatic carbocycles. The maximum atomic E-state index is 12.2. The van der Waals surface area contributed by atoms with Crippen LogP contribution in [0, 0.1) is 12.8 Å². The molecule has 3 heterocycles. The van der Waals surface area contributed by atoms with E-state index in [2.05, 4.69) is 10.1 Å².